The van der Waals surface area contributed by atoms with Crippen molar-refractivity contribution in [1.82, 2.24) is 0 Å². The predicted octanol–water partition coefficient (Wildman–Crippen LogP) is 3.69. The van der Waals surface area contributed by atoms with Crippen LogP contribution in [0.3, 0.4) is 0 Å². The van der Waals surface area contributed by atoms with E-state index in [1.54, 1.807) is 18.2 Å². The molecule has 0 bridgehead atoms. The van der Waals surface area contributed by atoms with Crippen molar-refractivity contribution in [2.24, 2.45) is 0 Å². The molecule has 3 N–H and O–H groups in total. The highest BCUT2D eigenvalue weighted by atomic mass is 79.9. The van der Waals surface area contributed by atoms with Gasteiger partial charge in [-0.15, -0.1) is 0 Å². The zero-order valence-electron chi connectivity index (χ0n) is 10.3. The van der Waals surface area contributed by atoms with Crippen LogP contribution in [0, 0.1) is 15.9 Å². The fourth-order valence-electron chi connectivity index (χ4n) is 1.67. The zero-order valence-corrected chi connectivity index (χ0v) is 11.9. The second-order valence-corrected chi connectivity index (χ2v) is 4.99. The first kappa shape index (κ1) is 14.3. The Hall–Kier alpha value is -2.15. The highest BCUT2D eigenvalue weighted by Crippen LogP contribution is 2.24. The lowest BCUT2D eigenvalue weighted by Crippen LogP contribution is -2.02. The number of nitrogen functional groups attached to an aromatic ring is 1. The number of nitrogens with two attached hydrogens (primary N) is 1. The van der Waals surface area contributed by atoms with Crippen molar-refractivity contribution in [3.63, 3.8) is 0 Å². The first-order chi connectivity index (χ1) is 9.47. The van der Waals surface area contributed by atoms with Gasteiger partial charge in [-0.2, -0.15) is 0 Å². The Morgan fingerprint density at radius 2 is 2.05 bits per heavy atom. The van der Waals surface area contributed by atoms with E-state index in [1.807, 2.05) is 0 Å². The van der Waals surface area contributed by atoms with E-state index in [9.17, 15) is 14.5 Å². The summed E-state index contributed by atoms with van der Waals surface area (Å²) in [7, 11) is 0. The molecule has 104 valence electrons. The molecule has 0 aliphatic rings. The summed E-state index contributed by atoms with van der Waals surface area (Å²) in [5.41, 5.74) is 6.95. The van der Waals surface area contributed by atoms with Crippen LogP contribution in [-0.4, -0.2) is 4.92 Å². The Kier molecular flexibility index (Phi) is 4.19. The predicted molar refractivity (Wildman–Crippen MR) is 78.9 cm³/mol. The Labute approximate surface area is 122 Å². The maximum atomic E-state index is 13.1. The third-order valence-electron chi connectivity index (χ3n) is 2.71. The van der Waals surface area contributed by atoms with Crippen LogP contribution in [0.25, 0.3) is 0 Å². The molecule has 0 unspecified atom stereocenters. The minimum Gasteiger partial charge on any atom is -0.393 e. The molecule has 0 fully saturated rings. The molecule has 2 aromatic carbocycles. The summed E-state index contributed by atoms with van der Waals surface area (Å²) in [4.78, 5) is 10.3. The van der Waals surface area contributed by atoms with E-state index in [-0.39, 0.29) is 17.2 Å². The van der Waals surface area contributed by atoms with Gasteiger partial charge in [-0.3, -0.25) is 10.1 Å². The maximum Gasteiger partial charge on any atom is 0.292 e. The molecule has 20 heavy (non-hydrogen) atoms. The summed E-state index contributed by atoms with van der Waals surface area (Å²) in [6, 6.07) is 9.13. The molecule has 0 heterocycles. The quantitative estimate of drug-likeness (QED) is 0.505. The Bertz CT molecular complexity index is 664. The van der Waals surface area contributed by atoms with Crippen LogP contribution in [0.5, 0.6) is 0 Å². The number of rotatable bonds is 4. The number of halogens is 2. The lowest BCUT2D eigenvalue weighted by atomic mass is 10.1. The van der Waals surface area contributed by atoms with Crippen LogP contribution in [0.1, 0.15) is 5.56 Å². The highest BCUT2D eigenvalue weighted by molar-refractivity contribution is 9.10. The summed E-state index contributed by atoms with van der Waals surface area (Å²) < 4.78 is 13.4. The monoisotopic (exact) mass is 339 g/mol. The van der Waals surface area contributed by atoms with Crippen molar-refractivity contribution in [3.05, 3.63) is 62.4 Å². The molecule has 0 saturated heterocycles. The number of nitrogens with zero attached hydrogens (tertiary/aromatic N) is 1. The number of benzene rings is 2. The van der Waals surface area contributed by atoms with E-state index in [1.165, 1.54) is 18.2 Å². The van der Waals surface area contributed by atoms with E-state index in [4.69, 9.17) is 5.73 Å². The van der Waals surface area contributed by atoms with Crippen LogP contribution < -0.4 is 11.1 Å². The normalized spacial score (nSPS) is 10.3. The van der Waals surface area contributed by atoms with E-state index < -0.39 is 4.92 Å². The second-order valence-electron chi connectivity index (χ2n) is 4.13. The first-order valence-electron chi connectivity index (χ1n) is 5.69. The largest absolute Gasteiger partial charge is 0.393 e. The number of nitrogens with one attached hydrogen (secondary N) is 1. The van der Waals surface area contributed by atoms with Crippen molar-refractivity contribution in [1.29, 1.82) is 0 Å². The van der Waals surface area contributed by atoms with E-state index in [0.29, 0.717) is 22.3 Å². The van der Waals surface area contributed by atoms with Gasteiger partial charge in [0.05, 0.1) is 9.40 Å². The maximum absolute atomic E-state index is 13.1. The van der Waals surface area contributed by atoms with Crippen LogP contribution in [-0.2, 0) is 6.54 Å². The molecular weight excluding hydrogens is 329 g/mol. The summed E-state index contributed by atoms with van der Waals surface area (Å²) >= 11 is 3.09. The summed E-state index contributed by atoms with van der Waals surface area (Å²) in [5.74, 6) is -0.348. The molecule has 0 aromatic heterocycles. The van der Waals surface area contributed by atoms with Gasteiger partial charge in [-0.1, -0.05) is 6.07 Å². The third-order valence-corrected chi connectivity index (χ3v) is 3.32. The number of hydrogen-bond donors (Lipinski definition) is 2. The molecule has 2 rings (SSSR count). The van der Waals surface area contributed by atoms with Gasteiger partial charge in [0, 0.05) is 18.3 Å². The molecule has 0 saturated carbocycles. The van der Waals surface area contributed by atoms with Crippen molar-refractivity contribution in [3.8, 4) is 0 Å². The minimum atomic E-state index is -0.521. The molecule has 5 nitrogen and oxygen atoms in total. The van der Waals surface area contributed by atoms with Crippen LogP contribution in [0.4, 0.5) is 21.5 Å². The van der Waals surface area contributed by atoms with Crippen molar-refractivity contribution < 1.29 is 9.31 Å². The van der Waals surface area contributed by atoms with Crippen LogP contribution in [0.2, 0.25) is 0 Å². The molecule has 0 aliphatic carbocycles. The molecule has 7 heteroatoms. The standard InChI is InChI=1S/C13H11BrFN3O2/c14-10-6-9(2-3-11(10)15)17-7-8-1-4-12(16)13(5-8)18(19)20/h1-6,17H,7,16H2. The third kappa shape index (κ3) is 3.24. The molecule has 2 aromatic rings. The minimum absolute atomic E-state index is 0.121. The van der Waals surface area contributed by atoms with Gasteiger partial charge >= 0.3 is 0 Å². The lowest BCUT2D eigenvalue weighted by molar-refractivity contribution is -0.383. The first-order valence-corrected chi connectivity index (χ1v) is 6.48. The van der Waals surface area contributed by atoms with Gasteiger partial charge in [-0.05, 0) is 45.8 Å². The number of hydrogen-bond acceptors (Lipinski definition) is 4. The Morgan fingerprint density at radius 3 is 2.70 bits per heavy atom. The Balaban J connectivity index is 2.12. The number of anilines is 2. The van der Waals surface area contributed by atoms with Gasteiger partial charge in [0.2, 0.25) is 0 Å². The molecule has 0 radical (unpaired) electrons. The zero-order chi connectivity index (χ0) is 14.7. The van der Waals surface area contributed by atoms with E-state index in [2.05, 4.69) is 21.2 Å². The van der Waals surface area contributed by atoms with Crippen molar-refractivity contribution in [2.75, 3.05) is 11.1 Å². The van der Waals surface area contributed by atoms with Crippen LogP contribution >= 0.6 is 15.9 Å². The van der Waals surface area contributed by atoms with Gasteiger partial charge in [0.25, 0.3) is 5.69 Å². The average molecular weight is 340 g/mol. The molecule has 0 aliphatic heterocycles. The smallest absolute Gasteiger partial charge is 0.292 e. The van der Waals surface area contributed by atoms with Gasteiger partial charge in [0.1, 0.15) is 11.5 Å². The molecule has 0 amide bonds. The fraction of sp³-hybridized carbons (Fsp3) is 0.0769. The van der Waals surface area contributed by atoms with Gasteiger partial charge < -0.3 is 11.1 Å². The summed E-state index contributed by atoms with van der Waals surface area (Å²) in [6.07, 6.45) is 0. The summed E-state index contributed by atoms with van der Waals surface area (Å²) in [5, 5.41) is 13.8. The number of nitro benzene ring substituents is 1. The van der Waals surface area contributed by atoms with Crippen molar-refractivity contribution >= 4 is 33.0 Å². The van der Waals surface area contributed by atoms with Crippen molar-refractivity contribution in [2.45, 2.75) is 6.54 Å². The summed E-state index contributed by atoms with van der Waals surface area (Å²) in [6.45, 7) is 0.374. The van der Waals surface area contributed by atoms with Crippen LogP contribution in [0.15, 0.2) is 40.9 Å². The molecule has 0 atom stereocenters. The fourth-order valence-corrected chi connectivity index (χ4v) is 2.05. The van der Waals surface area contributed by atoms with E-state index >= 15 is 0 Å². The highest BCUT2D eigenvalue weighted by Gasteiger charge is 2.11. The lowest BCUT2D eigenvalue weighted by Gasteiger charge is -2.08. The number of nitro groups is 1. The second kappa shape index (κ2) is 5.87. The average Bonchev–Trinajstić information content (AvgIpc) is 2.41. The van der Waals surface area contributed by atoms with Gasteiger partial charge in [-0.25, -0.2) is 4.39 Å². The molecular formula is C13H11BrFN3O2. The topological polar surface area (TPSA) is 81.2 Å². The Morgan fingerprint density at radius 1 is 1.30 bits per heavy atom. The van der Waals surface area contributed by atoms with Gasteiger partial charge in [0.15, 0.2) is 0 Å². The SMILES string of the molecule is Nc1ccc(CNc2ccc(F)c(Br)c2)cc1[N+](=O)[O-]. The molecule has 0 spiro atoms. The van der Waals surface area contributed by atoms with E-state index in [0.717, 1.165) is 0 Å².